The van der Waals surface area contributed by atoms with Crippen LogP contribution in [0.5, 0.6) is 0 Å². The maximum absolute atomic E-state index is 11.7. The molecule has 0 N–H and O–H groups in total. The fourth-order valence-electron chi connectivity index (χ4n) is 4.46. The Hall–Kier alpha value is -0.870. The molecule has 1 aromatic rings. The van der Waals surface area contributed by atoms with E-state index in [1.54, 1.807) is 0 Å². The van der Waals surface area contributed by atoms with E-state index in [1.807, 2.05) is 6.07 Å². The molecule has 0 aromatic heterocycles. The number of hydrogen-bond acceptors (Lipinski definition) is 3. The zero-order valence-electron chi connectivity index (χ0n) is 10.9. The van der Waals surface area contributed by atoms with E-state index in [9.17, 15) is 8.42 Å². The molecule has 2 saturated heterocycles. The Bertz CT molecular complexity index is 557. The van der Waals surface area contributed by atoms with Gasteiger partial charge < -0.3 is 0 Å². The lowest BCUT2D eigenvalue weighted by atomic mass is 9.60. The molecule has 4 heteroatoms. The summed E-state index contributed by atoms with van der Waals surface area (Å²) >= 11 is 0. The summed E-state index contributed by atoms with van der Waals surface area (Å²) in [6.07, 6.45) is 0. The molecule has 3 fully saturated rings. The highest BCUT2D eigenvalue weighted by Crippen LogP contribution is 2.54. The van der Waals surface area contributed by atoms with Crippen molar-refractivity contribution in [1.29, 1.82) is 0 Å². The third-order valence-electron chi connectivity index (χ3n) is 5.28. The zero-order valence-corrected chi connectivity index (χ0v) is 11.7. The molecule has 2 aliphatic heterocycles. The minimum atomic E-state index is -2.72. The molecular weight excluding hydrogens is 258 g/mol. The van der Waals surface area contributed by atoms with Gasteiger partial charge in [0.15, 0.2) is 9.84 Å². The van der Waals surface area contributed by atoms with E-state index in [1.165, 1.54) is 5.56 Å². The van der Waals surface area contributed by atoms with Crippen LogP contribution >= 0.6 is 0 Å². The quantitative estimate of drug-likeness (QED) is 0.820. The molecule has 0 radical (unpaired) electrons. The summed E-state index contributed by atoms with van der Waals surface area (Å²) in [7, 11) is -2.72. The Labute approximate surface area is 114 Å². The van der Waals surface area contributed by atoms with Crippen LogP contribution in [0.15, 0.2) is 30.3 Å². The van der Waals surface area contributed by atoms with Gasteiger partial charge in [0.2, 0.25) is 0 Å². The maximum atomic E-state index is 11.7. The average Bonchev–Trinajstić information content (AvgIpc) is 2.87. The summed E-state index contributed by atoms with van der Waals surface area (Å²) in [5, 5.41) is 0. The molecule has 102 valence electrons. The van der Waals surface area contributed by atoms with E-state index in [2.05, 4.69) is 29.2 Å². The van der Waals surface area contributed by atoms with Crippen molar-refractivity contribution in [2.45, 2.75) is 6.54 Å². The number of fused-ring (bicyclic) bond motifs is 4. The molecule has 0 amide bonds. The summed E-state index contributed by atoms with van der Waals surface area (Å²) in [5.41, 5.74) is 1.36. The second-order valence-electron chi connectivity index (χ2n) is 6.41. The Morgan fingerprint density at radius 1 is 0.947 bits per heavy atom. The van der Waals surface area contributed by atoms with Crippen molar-refractivity contribution in [2.24, 2.45) is 23.7 Å². The van der Waals surface area contributed by atoms with Crippen LogP contribution in [0.2, 0.25) is 0 Å². The smallest absolute Gasteiger partial charge is 0.150 e. The van der Waals surface area contributed by atoms with Crippen LogP contribution in [0.1, 0.15) is 5.56 Å². The number of benzene rings is 1. The van der Waals surface area contributed by atoms with Gasteiger partial charge in [0.25, 0.3) is 0 Å². The Morgan fingerprint density at radius 3 is 2.11 bits per heavy atom. The van der Waals surface area contributed by atoms with Crippen LogP contribution in [-0.4, -0.2) is 37.9 Å². The molecule has 3 nitrogen and oxygen atoms in total. The van der Waals surface area contributed by atoms with Crippen LogP contribution in [0, 0.1) is 23.7 Å². The van der Waals surface area contributed by atoms with Gasteiger partial charge in [0.1, 0.15) is 0 Å². The summed E-state index contributed by atoms with van der Waals surface area (Å²) < 4.78 is 23.4. The van der Waals surface area contributed by atoms with Crippen molar-refractivity contribution in [2.75, 3.05) is 24.6 Å². The first-order chi connectivity index (χ1) is 9.12. The highest BCUT2D eigenvalue weighted by molar-refractivity contribution is 7.91. The first-order valence-electron chi connectivity index (χ1n) is 7.09. The van der Waals surface area contributed by atoms with Crippen molar-refractivity contribution in [3.63, 3.8) is 0 Å². The number of sulfone groups is 1. The molecule has 0 unspecified atom stereocenters. The minimum absolute atomic E-state index is 0.456. The second-order valence-corrected chi connectivity index (χ2v) is 8.57. The normalized spacial score (nSPS) is 39.6. The SMILES string of the molecule is O=S1(=O)C[C@@H]2[C@H]3CN(Cc4ccccc4)C[C@H]3[C@@H]2C1. The molecular formula is C15H19NO2S. The molecule has 0 bridgehead atoms. The van der Waals surface area contributed by atoms with Gasteiger partial charge in [0.05, 0.1) is 11.5 Å². The average molecular weight is 277 g/mol. The number of rotatable bonds is 2. The van der Waals surface area contributed by atoms with Gasteiger partial charge in [-0.05, 0) is 29.2 Å². The van der Waals surface area contributed by atoms with E-state index in [4.69, 9.17) is 0 Å². The Morgan fingerprint density at radius 2 is 1.53 bits per heavy atom. The zero-order chi connectivity index (χ0) is 13.0. The first-order valence-corrected chi connectivity index (χ1v) is 8.91. The standard InChI is InChI=1S/C15H19NO2S/c17-19(18)9-14-12-7-16(8-13(12)15(14)10-19)6-11-4-2-1-3-5-11/h1-5,12-15H,6-10H2/t12-,13+,14+,15-. The first kappa shape index (κ1) is 11.9. The lowest BCUT2D eigenvalue weighted by molar-refractivity contribution is 0.0629. The molecule has 1 saturated carbocycles. The topological polar surface area (TPSA) is 37.4 Å². The molecule has 1 aliphatic carbocycles. The Kier molecular flexibility index (Phi) is 2.55. The van der Waals surface area contributed by atoms with Crippen LogP contribution in [0.4, 0.5) is 0 Å². The fourth-order valence-corrected chi connectivity index (χ4v) is 6.75. The fraction of sp³-hybridized carbons (Fsp3) is 0.600. The van der Waals surface area contributed by atoms with E-state index in [0.29, 0.717) is 35.2 Å². The summed E-state index contributed by atoms with van der Waals surface area (Å²) in [6, 6.07) is 10.6. The largest absolute Gasteiger partial charge is 0.298 e. The van der Waals surface area contributed by atoms with Gasteiger partial charge >= 0.3 is 0 Å². The Balaban J connectivity index is 1.44. The van der Waals surface area contributed by atoms with Crippen LogP contribution in [0.25, 0.3) is 0 Å². The van der Waals surface area contributed by atoms with Crippen LogP contribution in [-0.2, 0) is 16.4 Å². The molecule has 3 aliphatic rings. The molecule has 1 aromatic carbocycles. The predicted octanol–water partition coefficient (Wildman–Crippen LogP) is 1.41. The van der Waals surface area contributed by atoms with Crippen molar-refractivity contribution in [3.8, 4) is 0 Å². The molecule has 4 atom stereocenters. The predicted molar refractivity (Wildman–Crippen MR) is 74.3 cm³/mol. The second kappa shape index (κ2) is 4.06. The minimum Gasteiger partial charge on any atom is -0.298 e. The van der Waals surface area contributed by atoms with Crippen molar-refractivity contribution >= 4 is 9.84 Å². The molecule has 0 spiro atoms. The molecule has 4 rings (SSSR count). The summed E-state index contributed by atoms with van der Waals surface area (Å²) in [6.45, 7) is 3.20. The van der Waals surface area contributed by atoms with Crippen LogP contribution < -0.4 is 0 Å². The van der Waals surface area contributed by atoms with Gasteiger partial charge in [-0.25, -0.2) is 8.42 Å². The third-order valence-corrected chi connectivity index (χ3v) is 7.07. The monoisotopic (exact) mass is 277 g/mol. The number of hydrogen-bond donors (Lipinski definition) is 0. The van der Waals surface area contributed by atoms with Gasteiger partial charge in [-0.1, -0.05) is 30.3 Å². The van der Waals surface area contributed by atoms with Gasteiger partial charge in [-0.3, -0.25) is 4.90 Å². The summed E-state index contributed by atoms with van der Waals surface area (Å²) in [4.78, 5) is 2.51. The highest BCUT2D eigenvalue weighted by atomic mass is 32.2. The number of nitrogens with zero attached hydrogens (tertiary/aromatic N) is 1. The lowest BCUT2D eigenvalue weighted by Crippen LogP contribution is -2.44. The van der Waals surface area contributed by atoms with E-state index >= 15 is 0 Å². The lowest BCUT2D eigenvalue weighted by Gasteiger charge is -2.43. The van der Waals surface area contributed by atoms with E-state index < -0.39 is 9.84 Å². The summed E-state index contributed by atoms with van der Waals surface area (Å²) in [5.74, 6) is 3.14. The van der Waals surface area contributed by atoms with E-state index in [0.717, 1.165) is 19.6 Å². The van der Waals surface area contributed by atoms with Gasteiger partial charge in [0, 0.05) is 19.6 Å². The van der Waals surface area contributed by atoms with Crippen molar-refractivity contribution in [3.05, 3.63) is 35.9 Å². The van der Waals surface area contributed by atoms with Gasteiger partial charge in [-0.2, -0.15) is 0 Å². The van der Waals surface area contributed by atoms with Crippen molar-refractivity contribution in [1.82, 2.24) is 4.90 Å². The number of likely N-dealkylation sites (tertiary alicyclic amines) is 1. The molecule has 2 heterocycles. The van der Waals surface area contributed by atoms with E-state index in [-0.39, 0.29) is 0 Å². The van der Waals surface area contributed by atoms with Crippen LogP contribution in [0.3, 0.4) is 0 Å². The third kappa shape index (κ3) is 1.93. The maximum Gasteiger partial charge on any atom is 0.150 e. The molecule has 19 heavy (non-hydrogen) atoms. The highest BCUT2D eigenvalue weighted by Gasteiger charge is 2.59. The van der Waals surface area contributed by atoms with Crippen molar-refractivity contribution < 1.29 is 8.42 Å². The van der Waals surface area contributed by atoms with Gasteiger partial charge in [-0.15, -0.1) is 0 Å².